The topological polar surface area (TPSA) is 96.5 Å². The summed E-state index contributed by atoms with van der Waals surface area (Å²) in [5.74, 6) is -0.842. The molecule has 0 bridgehead atoms. The summed E-state index contributed by atoms with van der Waals surface area (Å²) in [6, 6.07) is 13.1. The van der Waals surface area contributed by atoms with Gasteiger partial charge in [-0.1, -0.05) is 29.8 Å². The van der Waals surface area contributed by atoms with Gasteiger partial charge in [-0.15, -0.1) is 0 Å². The second kappa shape index (κ2) is 11.7. The van der Waals surface area contributed by atoms with Crippen LogP contribution in [0.5, 0.6) is 0 Å². The number of ether oxygens (including phenoxy) is 1. The van der Waals surface area contributed by atoms with E-state index in [1.54, 1.807) is 24.3 Å². The molecule has 0 aliphatic rings. The second-order valence-corrected chi connectivity index (χ2v) is 6.92. The van der Waals surface area contributed by atoms with E-state index in [4.69, 9.17) is 4.74 Å². The normalized spacial score (nSPS) is 11.4. The lowest BCUT2D eigenvalue weighted by Crippen LogP contribution is -2.40. The molecule has 0 fully saturated rings. The number of amides is 3. The van der Waals surface area contributed by atoms with E-state index in [9.17, 15) is 14.4 Å². The summed E-state index contributed by atoms with van der Waals surface area (Å²) in [5.41, 5.74) is 2.76. The molecule has 0 saturated heterocycles. The second-order valence-electron chi connectivity index (χ2n) is 6.92. The van der Waals surface area contributed by atoms with E-state index in [0.717, 1.165) is 5.56 Å². The summed E-state index contributed by atoms with van der Waals surface area (Å²) in [4.78, 5) is 36.7. The smallest absolute Gasteiger partial charge is 0.252 e. The maximum absolute atomic E-state index is 12.8. The largest absolute Gasteiger partial charge is 0.382 e. The molecule has 0 aliphatic heterocycles. The number of rotatable bonds is 10. The van der Waals surface area contributed by atoms with Crippen molar-refractivity contribution in [2.24, 2.45) is 0 Å². The highest BCUT2D eigenvalue weighted by Crippen LogP contribution is 2.16. The number of anilines is 1. The third kappa shape index (κ3) is 7.33. The maximum Gasteiger partial charge on any atom is 0.252 e. The molecule has 1 atom stereocenters. The van der Waals surface area contributed by atoms with Gasteiger partial charge in [0.1, 0.15) is 6.04 Å². The van der Waals surface area contributed by atoms with Gasteiger partial charge >= 0.3 is 0 Å². The van der Waals surface area contributed by atoms with Crippen LogP contribution in [-0.2, 0) is 14.3 Å². The van der Waals surface area contributed by atoms with Crippen LogP contribution < -0.4 is 16.0 Å². The van der Waals surface area contributed by atoms with Gasteiger partial charge in [-0.05, 0) is 50.1 Å². The minimum Gasteiger partial charge on any atom is -0.382 e. The first kappa shape index (κ1) is 23.1. The minimum atomic E-state index is -0.819. The first-order chi connectivity index (χ1) is 14.4. The average molecular weight is 412 g/mol. The molecule has 2 aromatic rings. The first-order valence-corrected chi connectivity index (χ1v) is 10.0. The van der Waals surface area contributed by atoms with Crippen LogP contribution in [0.4, 0.5) is 5.69 Å². The quantitative estimate of drug-likeness (QED) is 0.524. The van der Waals surface area contributed by atoms with E-state index in [1.807, 2.05) is 38.1 Å². The maximum atomic E-state index is 12.8. The fourth-order valence-corrected chi connectivity index (χ4v) is 2.81. The fraction of sp³-hybridized carbons (Fsp3) is 0.348. The van der Waals surface area contributed by atoms with Gasteiger partial charge in [-0.25, -0.2) is 0 Å². The molecule has 2 aromatic carbocycles. The van der Waals surface area contributed by atoms with Crippen molar-refractivity contribution in [1.29, 1.82) is 0 Å². The van der Waals surface area contributed by atoms with Crippen molar-refractivity contribution in [2.45, 2.75) is 33.2 Å². The predicted molar refractivity (Wildman–Crippen MR) is 116 cm³/mol. The van der Waals surface area contributed by atoms with E-state index in [-0.39, 0.29) is 17.7 Å². The average Bonchev–Trinajstić information content (AvgIpc) is 2.72. The van der Waals surface area contributed by atoms with Gasteiger partial charge in [0.25, 0.3) is 5.91 Å². The van der Waals surface area contributed by atoms with Gasteiger partial charge in [-0.2, -0.15) is 0 Å². The third-order valence-corrected chi connectivity index (χ3v) is 4.38. The monoisotopic (exact) mass is 411 g/mol. The predicted octanol–water partition coefficient (Wildman–Crippen LogP) is 2.97. The summed E-state index contributed by atoms with van der Waals surface area (Å²) in [6.45, 7) is 6.96. The number of hydrogen-bond acceptors (Lipinski definition) is 4. The van der Waals surface area contributed by atoms with E-state index in [1.165, 1.54) is 6.92 Å². The van der Waals surface area contributed by atoms with Crippen molar-refractivity contribution in [3.05, 3.63) is 65.2 Å². The van der Waals surface area contributed by atoms with Crippen molar-refractivity contribution in [1.82, 2.24) is 10.6 Å². The molecule has 0 radical (unpaired) electrons. The Kier molecular flexibility index (Phi) is 9.03. The van der Waals surface area contributed by atoms with Crippen molar-refractivity contribution >= 4 is 23.4 Å². The van der Waals surface area contributed by atoms with Gasteiger partial charge in [0.2, 0.25) is 11.8 Å². The van der Waals surface area contributed by atoms with E-state index >= 15 is 0 Å². The summed E-state index contributed by atoms with van der Waals surface area (Å²) >= 11 is 0. The molecule has 0 unspecified atom stereocenters. The Balaban J connectivity index is 2.09. The Morgan fingerprint density at radius 3 is 2.27 bits per heavy atom. The summed E-state index contributed by atoms with van der Waals surface area (Å²) in [7, 11) is 0. The zero-order valence-corrected chi connectivity index (χ0v) is 17.7. The fourth-order valence-electron chi connectivity index (χ4n) is 2.81. The molecular formula is C23H29N3O4. The molecule has 0 heterocycles. The number of hydrogen-bond donors (Lipinski definition) is 3. The molecule has 30 heavy (non-hydrogen) atoms. The minimum absolute atomic E-state index is 0.187. The van der Waals surface area contributed by atoms with E-state index in [2.05, 4.69) is 16.0 Å². The van der Waals surface area contributed by atoms with Crippen LogP contribution in [-0.4, -0.2) is 37.5 Å². The number of aryl methyl sites for hydroxylation is 1. The Labute approximate surface area is 177 Å². The Morgan fingerprint density at radius 2 is 1.67 bits per heavy atom. The van der Waals surface area contributed by atoms with Crippen LogP contribution in [0.25, 0.3) is 0 Å². The van der Waals surface area contributed by atoms with Crippen LogP contribution in [0.3, 0.4) is 0 Å². The van der Waals surface area contributed by atoms with Gasteiger partial charge in [-0.3, -0.25) is 14.4 Å². The van der Waals surface area contributed by atoms with Crippen LogP contribution in [0.1, 0.15) is 47.8 Å². The zero-order valence-electron chi connectivity index (χ0n) is 17.7. The Morgan fingerprint density at radius 1 is 1.00 bits per heavy atom. The van der Waals surface area contributed by atoms with Gasteiger partial charge in [0, 0.05) is 37.9 Å². The molecule has 2 rings (SSSR count). The molecule has 160 valence electrons. The van der Waals surface area contributed by atoms with E-state index < -0.39 is 6.04 Å². The van der Waals surface area contributed by atoms with Gasteiger partial charge in [0.15, 0.2) is 0 Å². The summed E-state index contributed by atoms with van der Waals surface area (Å²) in [6.07, 6.45) is 0.693. The van der Waals surface area contributed by atoms with Crippen LogP contribution in [0.15, 0.2) is 48.5 Å². The lowest BCUT2D eigenvalue weighted by atomic mass is 10.0. The van der Waals surface area contributed by atoms with Crippen molar-refractivity contribution in [2.75, 3.05) is 25.1 Å². The number of carbonyl (C=O) groups excluding carboxylic acids is 3. The molecule has 0 spiro atoms. The van der Waals surface area contributed by atoms with Crippen LogP contribution in [0, 0.1) is 6.92 Å². The van der Waals surface area contributed by atoms with Crippen molar-refractivity contribution in [3.8, 4) is 0 Å². The Bertz CT molecular complexity index is 848. The summed E-state index contributed by atoms with van der Waals surface area (Å²) < 4.78 is 5.28. The first-order valence-electron chi connectivity index (χ1n) is 10.0. The SMILES string of the molecule is CCOCCCNC(=O)[C@@H](NC(=O)c1ccc(NC(C)=O)cc1)c1ccc(C)cc1. The highest BCUT2D eigenvalue weighted by molar-refractivity contribution is 5.98. The molecule has 3 amide bonds. The third-order valence-electron chi connectivity index (χ3n) is 4.38. The van der Waals surface area contributed by atoms with Crippen LogP contribution in [0.2, 0.25) is 0 Å². The van der Waals surface area contributed by atoms with Crippen molar-refractivity contribution in [3.63, 3.8) is 0 Å². The number of benzene rings is 2. The lowest BCUT2D eigenvalue weighted by Gasteiger charge is -2.19. The Hall–Kier alpha value is -3.19. The van der Waals surface area contributed by atoms with Crippen LogP contribution >= 0.6 is 0 Å². The molecule has 7 nitrogen and oxygen atoms in total. The van der Waals surface area contributed by atoms with E-state index in [0.29, 0.717) is 43.0 Å². The zero-order chi connectivity index (χ0) is 21.9. The molecule has 3 N–H and O–H groups in total. The van der Waals surface area contributed by atoms with Gasteiger partial charge < -0.3 is 20.7 Å². The summed E-state index contributed by atoms with van der Waals surface area (Å²) in [5, 5.41) is 8.33. The number of carbonyl (C=O) groups is 3. The molecule has 0 aliphatic carbocycles. The van der Waals surface area contributed by atoms with Crippen molar-refractivity contribution < 1.29 is 19.1 Å². The van der Waals surface area contributed by atoms with Gasteiger partial charge in [0.05, 0.1) is 0 Å². The lowest BCUT2D eigenvalue weighted by molar-refractivity contribution is -0.123. The number of nitrogens with one attached hydrogen (secondary N) is 3. The molecular weight excluding hydrogens is 382 g/mol. The standard InChI is InChI=1S/C23H29N3O4/c1-4-30-15-5-14-24-23(29)21(18-8-6-16(2)7-9-18)26-22(28)19-10-12-20(13-11-19)25-17(3)27/h6-13,21H,4-5,14-15H2,1-3H3,(H,24,29)(H,25,27)(H,26,28)/t21-/m0/s1. The highest BCUT2D eigenvalue weighted by atomic mass is 16.5. The highest BCUT2D eigenvalue weighted by Gasteiger charge is 2.23. The molecule has 0 saturated carbocycles. The molecule has 7 heteroatoms. The molecule has 0 aromatic heterocycles.